The lowest BCUT2D eigenvalue weighted by molar-refractivity contribution is 0.228. The van der Waals surface area contributed by atoms with E-state index in [0.29, 0.717) is 17.5 Å². The first-order valence-corrected chi connectivity index (χ1v) is 9.97. The molecule has 2 rings (SSSR count). The number of rotatable bonds is 3. The van der Waals surface area contributed by atoms with Crippen molar-refractivity contribution < 1.29 is 5.11 Å². The molecule has 0 saturated carbocycles. The van der Waals surface area contributed by atoms with Crippen LogP contribution in [0.15, 0.2) is 18.2 Å². The van der Waals surface area contributed by atoms with Crippen LogP contribution in [0.4, 0.5) is 0 Å². The van der Waals surface area contributed by atoms with E-state index in [2.05, 4.69) is 5.32 Å². The van der Waals surface area contributed by atoms with Crippen molar-refractivity contribution in [3.05, 3.63) is 34.9 Å². The van der Waals surface area contributed by atoms with E-state index in [9.17, 15) is 5.11 Å². The van der Waals surface area contributed by atoms with Crippen LogP contribution in [0.5, 0.6) is 0 Å². The number of hydrogen-bond acceptors (Lipinski definition) is 2. The van der Waals surface area contributed by atoms with E-state index in [1.807, 2.05) is 6.07 Å². The molecular formula is C16H19Cl6NO. The molecule has 0 spiro atoms. The van der Waals surface area contributed by atoms with E-state index < -0.39 is 7.59 Å². The monoisotopic (exact) mass is 451 g/mol. The van der Waals surface area contributed by atoms with E-state index in [1.165, 1.54) is 0 Å². The Morgan fingerprint density at radius 1 is 1.00 bits per heavy atom. The summed E-state index contributed by atoms with van der Waals surface area (Å²) in [5.41, 5.74) is 1.44. The molecule has 1 heterocycles. The van der Waals surface area contributed by atoms with Crippen molar-refractivity contribution in [1.29, 1.82) is 0 Å². The highest BCUT2D eigenvalue weighted by Crippen LogP contribution is 2.49. The third kappa shape index (κ3) is 4.98. The Hall–Kier alpha value is 0.880. The summed E-state index contributed by atoms with van der Waals surface area (Å²) >= 11 is 36.5. The van der Waals surface area contributed by atoms with Crippen molar-refractivity contribution in [1.82, 2.24) is 5.32 Å². The Labute approximate surface area is 172 Å². The van der Waals surface area contributed by atoms with Gasteiger partial charge < -0.3 is 10.4 Å². The maximum absolute atomic E-state index is 9.58. The number of benzene rings is 1. The highest BCUT2D eigenvalue weighted by Gasteiger charge is 2.38. The average molecular weight is 454 g/mol. The minimum absolute atomic E-state index is 0.0803. The first-order chi connectivity index (χ1) is 11.1. The number of halogens is 6. The summed E-state index contributed by atoms with van der Waals surface area (Å²) in [6.07, 6.45) is 3.71. The predicted octanol–water partition coefficient (Wildman–Crippen LogP) is 5.73. The van der Waals surface area contributed by atoms with E-state index in [1.54, 1.807) is 12.1 Å². The van der Waals surface area contributed by atoms with Gasteiger partial charge in [0.1, 0.15) is 0 Å². The predicted molar refractivity (Wildman–Crippen MR) is 105 cm³/mol. The summed E-state index contributed by atoms with van der Waals surface area (Å²) in [6, 6.07) is 5.40. The first kappa shape index (κ1) is 21.2. The number of aliphatic hydroxyl groups excluding tert-OH is 1. The highest BCUT2D eigenvalue weighted by molar-refractivity contribution is 6.69. The third-order valence-corrected chi connectivity index (χ3v) is 5.78. The molecule has 0 aromatic heterocycles. The standard InChI is InChI=1S/C16H19Cl6NO/c17-15(18,19)12-4-3-11(9-13(12)16(20,21)22)14(6-8-24)5-1-2-7-23-10-14/h3-4,9,23-24H,1-2,5-8,10H2. The minimum atomic E-state index is -1.71. The third-order valence-electron chi connectivity index (χ3n) is 4.56. The zero-order valence-electron chi connectivity index (χ0n) is 12.9. The van der Waals surface area contributed by atoms with Crippen molar-refractivity contribution in [2.45, 2.75) is 38.7 Å². The molecule has 24 heavy (non-hydrogen) atoms. The second kappa shape index (κ2) is 8.27. The Kier molecular flexibility index (Phi) is 7.30. The van der Waals surface area contributed by atoms with E-state index >= 15 is 0 Å². The average Bonchev–Trinajstić information content (AvgIpc) is 2.72. The topological polar surface area (TPSA) is 32.3 Å². The molecule has 1 unspecified atom stereocenters. The van der Waals surface area contributed by atoms with Crippen molar-refractivity contribution in [2.75, 3.05) is 19.7 Å². The molecule has 1 aliphatic heterocycles. The second-order valence-electron chi connectivity index (χ2n) is 6.14. The molecule has 136 valence electrons. The van der Waals surface area contributed by atoms with Crippen LogP contribution >= 0.6 is 69.6 Å². The normalized spacial score (nSPS) is 23.1. The Morgan fingerprint density at radius 2 is 1.67 bits per heavy atom. The summed E-state index contributed by atoms with van der Waals surface area (Å²) in [6.45, 7) is 1.79. The molecule has 1 atom stereocenters. The zero-order valence-corrected chi connectivity index (χ0v) is 17.4. The summed E-state index contributed by atoms with van der Waals surface area (Å²) in [5.74, 6) is 0. The number of aliphatic hydroxyl groups is 1. The molecule has 2 N–H and O–H groups in total. The number of hydrogen-bond donors (Lipinski definition) is 2. The highest BCUT2D eigenvalue weighted by atomic mass is 35.6. The lowest BCUT2D eigenvalue weighted by Crippen LogP contribution is -2.38. The quantitative estimate of drug-likeness (QED) is 0.572. The van der Waals surface area contributed by atoms with Crippen LogP contribution in [0.3, 0.4) is 0 Å². The SMILES string of the molecule is OCCC1(c2ccc(C(Cl)(Cl)Cl)c(C(Cl)(Cl)Cl)c2)CCCCNC1. The van der Waals surface area contributed by atoms with Crippen molar-refractivity contribution in [2.24, 2.45) is 0 Å². The molecule has 1 aliphatic rings. The van der Waals surface area contributed by atoms with Gasteiger partial charge in [-0.2, -0.15) is 0 Å². The van der Waals surface area contributed by atoms with Crippen LogP contribution in [0.25, 0.3) is 0 Å². The first-order valence-electron chi connectivity index (χ1n) is 7.71. The fourth-order valence-electron chi connectivity index (χ4n) is 3.30. The van der Waals surface area contributed by atoms with Crippen LogP contribution in [0.2, 0.25) is 0 Å². The lowest BCUT2D eigenvalue weighted by atomic mass is 9.73. The van der Waals surface area contributed by atoms with E-state index in [-0.39, 0.29) is 12.0 Å². The van der Waals surface area contributed by atoms with Crippen molar-refractivity contribution >= 4 is 69.6 Å². The van der Waals surface area contributed by atoms with Gasteiger partial charge in [-0.15, -0.1) is 0 Å². The largest absolute Gasteiger partial charge is 0.396 e. The van der Waals surface area contributed by atoms with E-state index in [4.69, 9.17) is 69.6 Å². The van der Waals surface area contributed by atoms with Crippen molar-refractivity contribution in [3.8, 4) is 0 Å². The smallest absolute Gasteiger partial charge is 0.216 e. The van der Waals surface area contributed by atoms with Gasteiger partial charge in [0.25, 0.3) is 0 Å². The van der Waals surface area contributed by atoms with Crippen LogP contribution in [-0.4, -0.2) is 24.8 Å². The molecule has 8 heteroatoms. The molecule has 0 bridgehead atoms. The van der Waals surface area contributed by atoms with Crippen LogP contribution in [0.1, 0.15) is 42.4 Å². The molecular weight excluding hydrogens is 435 g/mol. The van der Waals surface area contributed by atoms with E-state index in [0.717, 1.165) is 37.9 Å². The van der Waals surface area contributed by atoms with Gasteiger partial charge in [0, 0.05) is 29.7 Å². The van der Waals surface area contributed by atoms with Gasteiger partial charge in [-0.05, 0) is 31.4 Å². The maximum Gasteiger partial charge on any atom is 0.216 e. The Bertz CT molecular complexity index is 559. The number of nitrogens with one attached hydrogen (secondary N) is 1. The van der Waals surface area contributed by atoms with Crippen LogP contribution < -0.4 is 5.32 Å². The molecule has 0 amide bonds. The van der Waals surface area contributed by atoms with Crippen LogP contribution in [0, 0.1) is 0 Å². The van der Waals surface area contributed by atoms with Crippen LogP contribution in [-0.2, 0) is 13.0 Å². The maximum atomic E-state index is 9.58. The minimum Gasteiger partial charge on any atom is -0.396 e. The second-order valence-corrected chi connectivity index (χ2v) is 10.7. The van der Waals surface area contributed by atoms with Gasteiger partial charge in [-0.1, -0.05) is 94.2 Å². The van der Waals surface area contributed by atoms with Crippen molar-refractivity contribution in [3.63, 3.8) is 0 Å². The summed E-state index contributed by atoms with van der Waals surface area (Å²) < 4.78 is -3.41. The van der Waals surface area contributed by atoms with Gasteiger partial charge in [0.05, 0.1) is 0 Å². The molecule has 0 radical (unpaired) electrons. The number of alkyl halides is 6. The molecule has 1 fully saturated rings. The molecule has 1 aromatic carbocycles. The Morgan fingerprint density at radius 3 is 2.25 bits per heavy atom. The summed E-state index contributed by atoms with van der Waals surface area (Å²) in [5, 5.41) is 13.0. The Balaban J connectivity index is 2.56. The van der Waals surface area contributed by atoms with Gasteiger partial charge in [0.2, 0.25) is 7.59 Å². The zero-order chi connectivity index (χ0) is 18.0. The summed E-state index contributed by atoms with van der Waals surface area (Å²) in [7, 11) is 0. The van der Waals surface area contributed by atoms with Gasteiger partial charge in [-0.3, -0.25) is 0 Å². The lowest BCUT2D eigenvalue weighted by Gasteiger charge is -2.34. The molecule has 1 aromatic rings. The fourth-order valence-corrected chi connectivity index (χ4v) is 4.27. The van der Waals surface area contributed by atoms with Gasteiger partial charge >= 0.3 is 0 Å². The van der Waals surface area contributed by atoms with Gasteiger partial charge in [-0.25, -0.2) is 0 Å². The fraction of sp³-hybridized carbons (Fsp3) is 0.625. The molecule has 0 aliphatic carbocycles. The molecule has 2 nitrogen and oxygen atoms in total. The van der Waals surface area contributed by atoms with Gasteiger partial charge in [0.15, 0.2) is 0 Å². The summed E-state index contributed by atoms with van der Waals surface area (Å²) in [4.78, 5) is 0. The molecule has 1 saturated heterocycles.